The lowest BCUT2D eigenvalue weighted by Gasteiger charge is -2.14. The van der Waals surface area contributed by atoms with Gasteiger partial charge in [-0.1, -0.05) is 31.2 Å². The standard InChI is InChI=1S/C19H19N5O/c1-3-17-22-23-18-13-9-5-6-10-14(13)20-19(24(17)18)21-15-11-7-8-12-16(15)25-4-2/h5-12H,3-4H2,1-2H3,(H,20,21). The third kappa shape index (κ3) is 2.65. The van der Waals surface area contributed by atoms with Crippen molar-refractivity contribution in [2.75, 3.05) is 11.9 Å². The predicted octanol–water partition coefficient (Wildman–Crippen LogP) is 3.98. The molecule has 6 heteroatoms. The number of ether oxygens (including phenoxy) is 1. The molecule has 25 heavy (non-hydrogen) atoms. The first-order valence-electron chi connectivity index (χ1n) is 8.43. The van der Waals surface area contributed by atoms with Crippen molar-refractivity contribution in [3.05, 3.63) is 54.4 Å². The SMILES string of the molecule is CCOc1ccccc1Nc1nc2ccccc2c2nnc(CC)n12. The number of fused-ring (bicyclic) bond motifs is 3. The zero-order chi connectivity index (χ0) is 17.2. The van der Waals surface area contributed by atoms with Gasteiger partial charge in [0.1, 0.15) is 11.6 Å². The fraction of sp³-hybridized carbons (Fsp3) is 0.211. The first-order valence-corrected chi connectivity index (χ1v) is 8.43. The fourth-order valence-electron chi connectivity index (χ4n) is 2.92. The Hall–Kier alpha value is -3.15. The molecule has 0 fully saturated rings. The lowest BCUT2D eigenvalue weighted by atomic mass is 10.2. The molecule has 6 nitrogen and oxygen atoms in total. The van der Waals surface area contributed by atoms with Crippen LogP contribution in [-0.2, 0) is 6.42 Å². The van der Waals surface area contributed by atoms with Crippen molar-refractivity contribution in [1.29, 1.82) is 0 Å². The Kier molecular flexibility index (Phi) is 3.93. The van der Waals surface area contributed by atoms with Gasteiger partial charge in [0.05, 0.1) is 17.8 Å². The van der Waals surface area contributed by atoms with Crippen molar-refractivity contribution in [3.63, 3.8) is 0 Å². The molecule has 0 amide bonds. The van der Waals surface area contributed by atoms with E-state index in [1.807, 2.05) is 59.9 Å². The smallest absolute Gasteiger partial charge is 0.215 e. The number of hydrogen-bond acceptors (Lipinski definition) is 5. The topological polar surface area (TPSA) is 64.3 Å². The molecule has 0 bridgehead atoms. The summed E-state index contributed by atoms with van der Waals surface area (Å²) in [5.41, 5.74) is 2.55. The first-order chi connectivity index (χ1) is 12.3. The zero-order valence-electron chi connectivity index (χ0n) is 14.2. The number of benzene rings is 2. The number of anilines is 2. The summed E-state index contributed by atoms with van der Waals surface area (Å²) in [5.74, 6) is 2.34. The molecule has 0 saturated heterocycles. The Bertz CT molecular complexity index is 1040. The highest BCUT2D eigenvalue weighted by Gasteiger charge is 2.15. The van der Waals surface area contributed by atoms with Crippen molar-refractivity contribution in [1.82, 2.24) is 19.6 Å². The monoisotopic (exact) mass is 333 g/mol. The highest BCUT2D eigenvalue weighted by Crippen LogP contribution is 2.29. The minimum absolute atomic E-state index is 0.603. The third-order valence-electron chi connectivity index (χ3n) is 4.06. The Balaban J connectivity index is 1.92. The van der Waals surface area contributed by atoms with E-state index >= 15 is 0 Å². The molecule has 0 aliphatic rings. The van der Waals surface area contributed by atoms with Gasteiger partial charge < -0.3 is 10.1 Å². The van der Waals surface area contributed by atoms with Crippen molar-refractivity contribution >= 4 is 28.2 Å². The molecular formula is C19H19N5O. The third-order valence-corrected chi connectivity index (χ3v) is 4.06. The summed E-state index contributed by atoms with van der Waals surface area (Å²) in [7, 11) is 0. The molecule has 0 aliphatic carbocycles. The molecule has 0 aliphatic heterocycles. The normalized spacial score (nSPS) is 11.1. The molecule has 126 valence electrons. The second-order valence-corrected chi connectivity index (χ2v) is 5.64. The molecule has 2 aromatic heterocycles. The van der Waals surface area contributed by atoms with E-state index in [0.29, 0.717) is 12.6 Å². The van der Waals surface area contributed by atoms with Crippen LogP contribution in [0.1, 0.15) is 19.7 Å². The number of para-hydroxylation sites is 3. The van der Waals surface area contributed by atoms with Gasteiger partial charge in [0.25, 0.3) is 0 Å². The first kappa shape index (κ1) is 15.4. The quantitative estimate of drug-likeness (QED) is 0.598. The van der Waals surface area contributed by atoms with Crippen LogP contribution in [-0.4, -0.2) is 26.2 Å². The minimum atomic E-state index is 0.603. The van der Waals surface area contributed by atoms with E-state index in [9.17, 15) is 0 Å². The van der Waals surface area contributed by atoms with E-state index in [2.05, 4.69) is 22.4 Å². The lowest BCUT2D eigenvalue weighted by Crippen LogP contribution is -2.06. The molecule has 0 radical (unpaired) electrons. The van der Waals surface area contributed by atoms with Crippen molar-refractivity contribution in [3.8, 4) is 5.75 Å². The Morgan fingerprint density at radius 1 is 1.00 bits per heavy atom. The van der Waals surface area contributed by atoms with Gasteiger partial charge in [0.2, 0.25) is 5.95 Å². The van der Waals surface area contributed by atoms with Crippen molar-refractivity contribution in [2.24, 2.45) is 0 Å². The maximum atomic E-state index is 5.72. The maximum absolute atomic E-state index is 5.72. The summed E-state index contributed by atoms with van der Waals surface area (Å²) < 4.78 is 7.69. The van der Waals surface area contributed by atoms with Gasteiger partial charge in [-0.2, -0.15) is 0 Å². The second kappa shape index (κ2) is 6.39. The molecule has 0 unspecified atom stereocenters. The number of nitrogens with one attached hydrogen (secondary N) is 1. The van der Waals surface area contributed by atoms with Crippen LogP contribution in [0.2, 0.25) is 0 Å². The predicted molar refractivity (Wildman–Crippen MR) is 98.6 cm³/mol. The van der Waals surface area contributed by atoms with E-state index in [1.54, 1.807) is 0 Å². The average Bonchev–Trinajstić information content (AvgIpc) is 3.08. The van der Waals surface area contributed by atoms with Crippen LogP contribution in [0.4, 0.5) is 11.6 Å². The minimum Gasteiger partial charge on any atom is -0.492 e. The van der Waals surface area contributed by atoms with E-state index in [-0.39, 0.29) is 0 Å². The van der Waals surface area contributed by atoms with Gasteiger partial charge in [-0.3, -0.25) is 0 Å². The highest BCUT2D eigenvalue weighted by molar-refractivity contribution is 5.92. The molecule has 4 rings (SSSR count). The van der Waals surface area contributed by atoms with Gasteiger partial charge in [-0.25, -0.2) is 9.38 Å². The van der Waals surface area contributed by atoms with Crippen LogP contribution in [0.15, 0.2) is 48.5 Å². The second-order valence-electron chi connectivity index (χ2n) is 5.64. The van der Waals surface area contributed by atoms with E-state index in [4.69, 9.17) is 9.72 Å². The summed E-state index contributed by atoms with van der Waals surface area (Å²) in [5, 5.41) is 13.1. The van der Waals surface area contributed by atoms with E-state index in [1.165, 1.54) is 0 Å². The fourth-order valence-corrected chi connectivity index (χ4v) is 2.92. The van der Waals surface area contributed by atoms with Crippen LogP contribution in [0.3, 0.4) is 0 Å². The number of nitrogens with zero attached hydrogens (tertiary/aromatic N) is 4. The van der Waals surface area contributed by atoms with Gasteiger partial charge >= 0.3 is 0 Å². The summed E-state index contributed by atoms with van der Waals surface area (Å²) in [4.78, 5) is 4.80. The van der Waals surface area contributed by atoms with Crippen molar-refractivity contribution in [2.45, 2.75) is 20.3 Å². The Morgan fingerprint density at radius 3 is 2.64 bits per heavy atom. The number of aromatic nitrogens is 4. The van der Waals surface area contributed by atoms with Gasteiger partial charge in [-0.05, 0) is 31.2 Å². The molecule has 0 spiro atoms. The van der Waals surface area contributed by atoms with E-state index < -0.39 is 0 Å². The van der Waals surface area contributed by atoms with Crippen LogP contribution < -0.4 is 10.1 Å². The van der Waals surface area contributed by atoms with Crippen LogP contribution >= 0.6 is 0 Å². The van der Waals surface area contributed by atoms with Gasteiger partial charge in [0.15, 0.2) is 5.65 Å². The summed E-state index contributed by atoms with van der Waals surface area (Å²) in [6, 6.07) is 15.8. The molecule has 0 saturated carbocycles. The van der Waals surface area contributed by atoms with Crippen LogP contribution in [0, 0.1) is 0 Å². The summed E-state index contributed by atoms with van der Waals surface area (Å²) in [6.45, 7) is 4.63. The summed E-state index contributed by atoms with van der Waals surface area (Å²) >= 11 is 0. The van der Waals surface area contributed by atoms with E-state index in [0.717, 1.165) is 40.2 Å². The molecule has 4 aromatic rings. The number of hydrogen-bond donors (Lipinski definition) is 1. The lowest BCUT2D eigenvalue weighted by molar-refractivity contribution is 0.342. The highest BCUT2D eigenvalue weighted by atomic mass is 16.5. The summed E-state index contributed by atoms with van der Waals surface area (Å²) in [6.07, 6.45) is 0.767. The molecule has 1 N–H and O–H groups in total. The molecule has 2 aromatic carbocycles. The zero-order valence-corrected chi connectivity index (χ0v) is 14.2. The number of rotatable bonds is 5. The van der Waals surface area contributed by atoms with Gasteiger partial charge in [0, 0.05) is 11.8 Å². The molecule has 2 heterocycles. The van der Waals surface area contributed by atoms with Crippen molar-refractivity contribution < 1.29 is 4.74 Å². The molecule has 0 atom stereocenters. The number of aryl methyl sites for hydroxylation is 1. The largest absolute Gasteiger partial charge is 0.492 e. The maximum Gasteiger partial charge on any atom is 0.215 e. The Labute approximate surface area is 145 Å². The molecular weight excluding hydrogens is 314 g/mol. The Morgan fingerprint density at radius 2 is 1.80 bits per heavy atom. The van der Waals surface area contributed by atoms with Crippen LogP contribution in [0.5, 0.6) is 5.75 Å². The van der Waals surface area contributed by atoms with Crippen LogP contribution in [0.25, 0.3) is 16.6 Å². The average molecular weight is 333 g/mol. The van der Waals surface area contributed by atoms with Gasteiger partial charge in [-0.15, -0.1) is 10.2 Å².